The number of fused-ring (bicyclic) bond motifs is 1. The van der Waals surface area contributed by atoms with Gasteiger partial charge in [0.25, 0.3) is 11.7 Å². The van der Waals surface area contributed by atoms with Crippen LogP contribution in [0.2, 0.25) is 0 Å². The van der Waals surface area contributed by atoms with Crippen molar-refractivity contribution in [3.63, 3.8) is 0 Å². The number of amides is 2. The number of rotatable bonds is 9. The van der Waals surface area contributed by atoms with Crippen LogP contribution in [0.3, 0.4) is 0 Å². The molecule has 3 aliphatic rings. The molecule has 2 saturated heterocycles. The van der Waals surface area contributed by atoms with E-state index in [0.717, 1.165) is 49.9 Å². The number of aryl methyl sites for hydroxylation is 1. The predicted molar refractivity (Wildman–Crippen MR) is 157 cm³/mol. The molecular formula is C31H43FN8O3. The van der Waals surface area contributed by atoms with Gasteiger partial charge in [0.1, 0.15) is 12.4 Å². The maximum absolute atomic E-state index is 13.5. The van der Waals surface area contributed by atoms with Crippen molar-refractivity contribution in [1.82, 2.24) is 40.0 Å². The Morgan fingerprint density at radius 3 is 2.79 bits per heavy atom. The van der Waals surface area contributed by atoms with Gasteiger partial charge in [0.05, 0.1) is 35.9 Å². The minimum atomic E-state index is -0.603. The lowest BCUT2D eigenvalue weighted by Gasteiger charge is -2.33. The summed E-state index contributed by atoms with van der Waals surface area (Å²) in [6.07, 6.45) is 10.6. The molecule has 0 unspecified atom stereocenters. The van der Waals surface area contributed by atoms with Crippen LogP contribution in [0.1, 0.15) is 98.3 Å². The Kier molecular flexibility index (Phi) is 9.01. The third kappa shape index (κ3) is 6.58. The summed E-state index contributed by atoms with van der Waals surface area (Å²) in [5.41, 5.74) is 2.78. The highest BCUT2D eigenvalue weighted by Gasteiger charge is 2.34. The normalized spacial score (nSPS) is 25.9. The fourth-order valence-electron chi connectivity index (χ4n) is 7.20. The van der Waals surface area contributed by atoms with Gasteiger partial charge < -0.3 is 15.4 Å². The van der Waals surface area contributed by atoms with Crippen molar-refractivity contribution in [3.05, 3.63) is 41.2 Å². The van der Waals surface area contributed by atoms with Gasteiger partial charge in [-0.25, -0.2) is 18.9 Å². The largest absolute Gasteiger partial charge is 0.381 e. The first-order chi connectivity index (χ1) is 20.9. The molecule has 6 rings (SSSR count). The first kappa shape index (κ1) is 29.7. The Hall–Kier alpha value is -3.41. The fourth-order valence-corrected chi connectivity index (χ4v) is 7.20. The zero-order chi connectivity index (χ0) is 29.9. The Balaban J connectivity index is 1.36. The third-order valence-corrected chi connectivity index (χ3v) is 9.46. The van der Waals surface area contributed by atoms with E-state index < -0.39 is 6.67 Å². The van der Waals surface area contributed by atoms with Gasteiger partial charge in [-0.3, -0.25) is 14.3 Å². The smallest absolute Gasteiger partial charge is 0.270 e. The van der Waals surface area contributed by atoms with Gasteiger partial charge in [0.15, 0.2) is 0 Å². The Morgan fingerprint density at radius 1 is 1.16 bits per heavy atom. The molecule has 0 bridgehead atoms. The van der Waals surface area contributed by atoms with Gasteiger partial charge in [0, 0.05) is 44.2 Å². The van der Waals surface area contributed by atoms with Gasteiger partial charge in [0.2, 0.25) is 5.91 Å². The number of halogens is 1. The number of nitrogens with one attached hydrogen (secondary N) is 2. The van der Waals surface area contributed by atoms with Crippen LogP contribution in [-0.2, 0) is 22.5 Å². The molecule has 0 spiro atoms. The van der Waals surface area contributed by atoms with E-state index in [-0.39, 0.29) is 42.2 Å². The first-order valence-electron chi connectivity index (χ1n) is 15.9. The summed E-state index contributed by atoms with van der Waals surface area (Å²) in [4.78, 5) is 36.3. The van der Waals surface area contributed by atoms with E-state index in [0.29, 0.717) is 55.2 Å². The second kappa shape index (κ2) is 13.1. The molecule has 2 aliphatic heterocycles. The fraction of sp³-hybridized carbons (Fsp3) is 0.677. The second-order valence-corrected chi connectivity index (χ2v) is 12.8. The molecule has 43 heavy (non-hydrogen) atoms. The number of alkyl halides is 1. The Labute approximate surface area is 251 Å². The minimum Gasteiger partial charge on any atom is -0.381 e. The molecule has 5 heterocycles. The monoisotopic (exact) mass is 594 g/mol. The van der Waals surface area contributed by atoms with Crippen molar-refractivity contribution in [1.29, 1.82) is 0 Å². The lowest BCUT2D eigenvalue weighted by Crippen LogP contribution is -2.41. The average Bonchev–Trinajstić information content (AvgIpc) is 3.65. The standard InChI is InChI=1S/C31H43FN8O3/c1-19-4-3-5-22(14-19)28(36-30(42)26-6-10-34-39(26)11-9-32)25-18-40-31(35-25)37-27(21-7-12-43-13-8-21)24(38-40)16-23-15-20(2)17-33-29(23)41/h6,10,18-23,28H,3-5,7-9,11-17H2,1-2H3,(H,33,41)(H,36,42)/t19-,20-,22+,23+,28-/m0/s1. The Morgan fingerprint density at radius 2 is 2.00 bits per heavy atom. The van der Waals surface area contributed by atoms with E-state index in [1.165, 1.54) is 17.3 Å². The van der Waals surface area contributed by atoms with Crippen molar-refractivity contribution >= 4 is 17.6 Å². The topological polar surface area (TPSA) is 128 Å². The maximum atomic E-state index is 13.5. The number of piperidine rings is 1. The van der Waals surface area contributed by atoms with E-state index in [1.54, 1.807) is 10.6 Å². The highest BCUT2D eigenvalue weighted by Crippen LogP contribution is 2.37. The number of aromatic nitrogens is 6. The van der Waals surface area contributed by atoms with E-state index in [9.17, 15) is 14.0 Å². The van der Waals surface area contributed by atoms with Crippen LogP contribution in [0, 0.1) is 23.7 Å². The van der Waals surface area contributed by atoms with Crippen LogP contribution in [-0.4, -0.2) is 67.6 Å². The van der Waals surface area contributed by atoms with Crippen molar-refractivity contribution in [2.75, 3.05) is 26.4 Å². The van der Waals surface area contributed by atoms with Gasteiger partial charge in [-0.2, -0.15) is 10.2 Å². The van der Waals surface area contributed by atoms with Crippen LogP contribution in [0.4, 0.5) is 4.39 Å². The summed E-state index contributed by atoms with van der Waals surface area (Å²) < 4.78 is 21.9. The van der Waals surface area contributed by atoms with E-state index in [2.05, 4.69) is 29.6 Å². The van der Waals surface area contributed by atoms with Crippen molar-refractivity contribution < 1.29 is 18.7 Å². The third-order valence-electron chi connectivity index (χ3n) is 9.46. The summed E-state index contributed by atoms with van der Waals surface area (Å²) in [5, 5.41) is 15.4. The molecule has 1 aliphatic carbocycles. The molecule has 5 atom stereocenters. The van der Waals surface area contributed by atoms with Crippen molar-refractivity contribution in [2.45, 2.75) is 83.7 Å². The lowest BCUT2D eigenvalue weighted by atomic mass is 9.78. The van der Waals surface area contributed by atoms with Crippen LogP contribution >= 0.6 is 0 Å². The molecular weight excluding hydrogens is 551 g/mol. The molecule has 3 fully saturated rings. The van der Waals surface area contributed by atoms with E-state index in [1.807, 2.05) is 6.20 Å². The minimum absolute atomic E-state index is 0.0264. The molecule has 12 heteroatoms. The number of ether oxygens (including phenoxy) is 1. The SMILES string of the molecule is C[C@@H]1CNC(=O)[C@@H](Cc2nn3cc([C@@H](NC(=O)c4ccnn4CCF)[C@@H]4CCC[C@H](C)C4)nc3nc2C2CCOCC2)C1. The first-order valence-corrected chi connectivity index (χ1v) is 15.9. The maximum Gasteiger partial charge on any atom is 0.270 e. The van der Waals surface area contributed by atoms with E-state index >= 15 is 0 Å². The number of carbonyl (C=O) groups is 2. The van der Waals surface area contributed by atoms with Gasteiger partial charge in [-0.15, -0.1) is 0 Å². The summed E-state index contributed by atoms with van der Waals surface area (Å²) in [6.45, 7) is 5.89. The van der Waals surface area contributed by atoms with Crippen LogP contribution in [0.5, 0.6) is 0 Å². The number of nitrogens with zero attached hydrogens (tertiary/aromatic N) is 6. The average molecular weight is 595 g/mol. The second-order valence-electron chi connectivity index (χ2n) is 12.8. The number of hydrogen-bond acceptors (Lipinski definition) is 7. The zero-order valence-corrected chi connectivity index (χ0v) is 25.2. The predicted octanol–water partition coefficient (Wildman–Crippen LogP) is 3.80. The molecule has 2 amide bonds. The van der Waals surface area contributed by atoms with Crippen molar-refractivity contribution in [2.24, 2.45) is 23.7 Å². The molecule has 1 saturated carbocycles. The molecule has 2 N–H and O–H groups in total. The molecule has 3 aromatic heterocycles. The zero-order valence-electron chi connectivity index (χ0n) is 25.2. The van der Waals surface area contributed by atoms with Crippen LogP contribution < -0.4 is 10.6 Å². The van der Waals surface area contributed by atoms with Gasteiger partial charge >= 0.3 is 0 Å². The molecule has 0 aromatic carbocycles. The number of carbonyl (C=O) groups excluding carboxylic acids is 2. The number of hydrogen-bond donors (Lipinski definition) is 2. The van der Waals surface area contributed by atoms with Crippen molar-refractivity contribution in [3.8, 4) is 0 Å². The van der Waals surface area contributed by atoms with Gasteiger partial charge in [-0.1, -0.05) is 26.7 Å². The molecule has 232 valence electrons. The lowest BCUT2D eigenvalue weighted by molar-refractivity contribution is -0.127. The van der Waals surface area contributed by atoms with Crippen LogP contribution in [0.25, 0.3) is 5.78 Å². The summed E-state index contributed by atoms with van der Waals surface area (Å²) in [7, 11) is 0. The molecule has 11 nitrogen and oxygen atoms in total. The quantitative estimate of drug-likeness (QED) is 0.386. The number of imidazole rings is 1. The summed E-state index contributed by atoms with van der Waals surface area (Å²) in [6, 6.07) is 1.26. The van der Waals surface area contributed by atoms with Gasteiger partial charge in [-0.05, 0) is 55.9 Å². The molecule has 0 radical (unpaired) electrons. The summed E-state index contributed by atoms with van der Waals surface area (Å²) in [5.74, 6) is 1.45. The Bertz CT molecular complexity index is 1430. The summed E-state index contributed by atoms with van der Waals surface area (Å²) >= 11 is 0. The van der Waals surface area contributed by atoms with Crippen LogP contribution in [0.15, 0.2) is 18.5 Å². The van der Waals surface area contributed by atoms with E-state index in [4.69, 9.17) is 19.8 Å². The highest BCUT2D eigenvalue weighted by molar-refractivity contribution is 5.92. The highest BCUT2D eigenvalue weighted by atomic mass is 19.1. The molecule has 3 aromatic rings.